The van der Waals surface area contributed by atoms with E-state index in [2.05, 4.69) is 5.32 Å². The Balaban J connectivity index is 2.77. The highest BCUT2D eigenvalue weighted by atomic mass is 16.5. The smallest absolute Gasteiger partial charge is 0.250 e. The number of aliphatic hydroxyl groups is 1. The molecule has 2 unspecified atom stereocenters. The van der Waals surface area contributed by atoms with Crippen molar-refractivity contribution >= 4 is 12.3 Å². The molecule has 2 amide bonds. The molecular formula is C12H20N2O5. The van der Waals surface area contributed by atoms with Crippen molar-refractivity contribution < 1.29 is 24.2 Å². The Hall–Kier alpha value is -1.44. The zero-order valence-corrected chi connectivity index (χ0v) is 11.2. The van der Waals surface area contributed by atoms with E-state index < -0.39 is 6.23 Å². The van der Waals surface area contributed by atoms with Crippen molar-refractivity contribution in [1.82, 2.24) is 10.2 Å². The number of aliphatic hydroxyl groups excluding tert-OH is 1. The number of methoxy groups -OCH3 is 1. The van der Waals surface area contributed by atoms with E-state index in [-0.39, 0.29) is 25.2 Å². The minimum absolute atomic E-state index is 0.0761. The molecule has 0 aromatic carbocycles. The quantitative estimate of drug-likeness (QED) is 0.469. The van der Waals surface area contributed by atoms with Crippen LogP contribution in [0, 0.1) is 0 Å². The van der Waals surface area contributed by atoms with Crippen molar-refractivity contribution in [3.8, 4) is 0 Å². The standard InChI is InChI=1S/C12H20N2O5/c1-13-12(17)9(7-18-2)5-14(8-16)11-4-3-10(6-15)19-11/h5,8,10-11,15H,3-4,6-7H2,1-2H3,(H,13,17)/b9-5-. The minimum atomic E-state index is -0.453. The maximum atomic E-state index is 11.6. The van der Waals surface area contributed by atoms with Gasteiger partial charge in [0.2, 0.25) is 6.41 Å². The van der Waals surface area contributed by atoms with E-state index in [1.54, 1.807) is 0 Å². The Labute approximate surface area is 112 Å². The van der Waals surface area contributed by atoms with Gasteiger partial charge in [-0.15, -0.1) is 0 Å². The summed E-state index contributed by atoms with van der Waals surface area (Å²) in [4.78, 5) is 24.0. The van der Waals surface area contributed by atoms with E-state index in [9.17, 15) is 9.59 Å². The second-order valence-electron chi connectivity index (χ2n) is 4.19. The SMILES string of the molecule is CNC(=O)/C(=C\N(C=O)C1CCC(CO)O1)COC. The average molecular weight is 272 g/mol. The second kappa shape index (κ2) is 7.88. The van der Waals surface area contributed by atoms with Gasteiger partial charge in [0, 0.05) is 20.4 Å². The van der Waals surface area contributed by atoms with Gasteiger partial charge < -0.3 is 19.9 Å². The molecule has 1 saturated heterocycles. The molecule has 7 heteroatoms. The monoisotopic (exact) mass is 272 g/mol. The number of likely N-dealkylation sites (N-methyl/N-ethyl adjacent to an activating group) is 1. The molecule has 0 aliphatic carbocycles. The van der Waals surface area contributed by atoms with E-state index in [0.717, 1.165) is 0 Å². The van der Waals surface area contributed by atoms with E-state index in [0.29, 0.717) is 24.8 Å². The van der Waals surface area contributed by atoms with Crippen molar-refractivity contribution in [3.05, 3.63) is 11.8 Å². The van der Waals surface area contributed by atoms with Crippen LogP contribution >= 0.6 is 0 Å². The van der Waals surface area contributed by atoms with Crippen molar-refractivity contribution in [2.75, 3.05) is 27.4 Å². The summed E-state index contributed by atoms with van der Waals surface area (Å²) < 4.78 is 10.4. The first-order valence-corrected chi connectivity index (χ1v) is 6.07. The fourth-order valence-corrected chi connectivity index (χ4v) is 1.88. The van der Waals surface area contributed by atoms with Gasteiger partial charge in [0.15, 0.2) is 0 Å². The number of ether oxygens (including phenoxy) is 2. The molecule has 0 aromatic heterocycles. The fraction of sp³-hybridized carbons (Fsp3) is 0.667. The highest BCUT2D eigenvalue weighted by Crippen LogP contribution is 2.22. The van der Waals surface area contributed by atoms with Crippen LogP contribution in [0.2, 0.25) is 0 Å². The van der Waals surface area contributed by atoms with Crippen LogP contribution in [0.5, 0.6) is 0 Å². The number of hydrogen-bond donors (Lipinski definition) is 2. The van der Waals surface area contributed by atoms with Crippen LogP contribution in [0.3, 0.4) is 0 Å². The van der Waals surface area contributed by atoms with Gasteiger partial charge in [0.05, 0.1) is 24.9 Å². The minimum Gasteiger partial charge on any atom is -0.394 e. The van der Waals surface area contributed by atoms with Gasteiger partial charge in [-0.3, -0.25) is 14.5 Å². The summed E-state index contributed by atoms with van der Waals surface area (Å²) in [5.74, 6) is -0.314. The molecule has 1 aliphatic rings. The summed E-state index contributed by atoms with van der Waals surface area (Å²) in [5.41, 5.74) is 0.327. The van der Waals surface area contributed by atoms with E-state index >= 15 is 0 Å². The summed E-state index contributed by atoms with van der Waals surface area (Å²) in [6.07, 6.45) is 2.61. The molecule has 2 N–H and O–H groups in total. The van der Waals surface area contributed by atoms with Gasteiger partial charge >= 0.3 is 0 Å². The molecule has 1 rings (SSSR count). The predicted octanol–water partition coefficient (Wildman–Crippen LogP) is -0.781. The van der Waals surface area contributed by atoms with E-state index in [1.807, 2.05) is 0 Å². The Bertz CT molecular complexity index is 345. The van der Waals surface area contributed by atoms with E-state index in [4.69, 9.17) is 14.6 Å². The van der Waals surface area contributed by atoms with Crippen molar-refractivity contribution in [2.45, 2.75) is 25.2 Å². The normalized spacial score (nSPS) is 23.2. The number of rotatable bonds is 7. The first kappa shape index (κ1) is 15.6. The Morgan fingerprint density at radius 2 is 2.32 bits per heavy atom. The zero-order valence-electron chi connectivity index (χ0n) is 11.2. The topological polar surface area (TPSA) is 88.1 Å². The average Bonchev–Trinajstić information content (AvgIpc) is 2.91. The second-order valence-corrected chi connectivity index (χ2v) is 4.19. The molecule has 7 nitrogen and oxygen atoms in total. The maximum Gasteiger partial charge on any atom is 0.250 e. The summed E-state index contributed by atoms with van der Waals surface area (Å²) in [7, 11) is 2.97. The predicted molar refractivity (Wildman–Crippen MR) is 66.9 cm³/mol. The van der Waals surface area contributed by atoms with Gasteiger partial charge in [-0.1, -0.05) is 0 Å². The van der Waals surface area contributed by atoms with Crippen LogP contribution in [0.1, 0.15) is 12.8 Å². The third-order valence-electron chi connectivity index (χ3n) is 2.87. The number of nitrogens with one attached hydrogen (secondary N) is 1. The first-order chi connectivity index (χ1) is 9.15. The number of nitrogens with zero attached hydrogens (tertiary/aromatic N) is 1. The van der Waals surface area contributed by atoms with E-state index in [1.165, 1.54) is 25.3 Å². The number of hydrogen-bond acceptors (Lipinski definition) is 5. The van der Waals surface area contributed by atoms with Crippen molar-refractivity contribution in [2.24, 2.45) is 0 Å². The summed E-state index contributed by atoms with van der Waals surface area (Å²) in [6, 6.07) is 0. The third kappa shape index (κ3) is 4.30. The lowest BCUT2D eigenvalue weighted by Gasteiger charge is -2.22. The Morgan fingerprint density at radius 1 is 1.58 bits per heavy atom. The number of carbonyl (C=O) groups is 2. The van der Waals surface area contributed by atoms with Crippen LogP contribution in [0.25, 0.3) is 0 Å². The van der Waals surface area contributed by atoms with Crippen molar-refractivity contribution in [3.63, 3.8) is 0 Å². The highest BCUT2D eigenvalue weighted by Gasteiger charge is 2.28. The lowest BCUT2D eigenvalue weighted by Crippen LogP contribution is -2.33. The number of amides is 2. The van der Waals surface area contributed by atoms with Gasteiger partial charge in [-0.25, -0.2) is 0 Å². The third-order valence-corrected chi connectivity index (χ3v) is 2.87. The molecule has 0 saturated carbocycles. The molecular weight excluding hydrogens is 252 g/mol. The molecule has 0 spiro atoms. The molecule has 2 atom stereocenters. The van der Waals surface area contributed by atoms with Gasteiger partial charge in [0.25, 0.3) is 5.91 Å². The molecule has 108 valence electrons. The van der Waals surface area contributed by atoms with Crippen molar-refractivity contribution in [1.29, 1.82) is 0 Å². The molecule has 1 fully saturated rings. The zero-order chi connectivity index (χ0) is 14.3. The highest BCUT2D eigenvalue weighted by molar-refractivity contribution is 5.93. The molecule has 0 radical (unpaired) electrons. The lowest BCUT2D eigenvalue weighted by molar-refractivity contribution is -0.127. The molecule has 1 heterocycles. The Morgan fingerprint density at radius 3 is 2.79 bits per heavy atom. The van der Waals surface area contributed by atoms with Crippen LogP contribution in [0.15, 0.2) is 11.8 Å². The summed E-state index contributed by atoms with van der Waals surface area (Å²) in [6.45, 7) is 0.0213. The number of carbonyl (C=O) groups excluding carboxylic acids is 2. The molecule has 1 aliphatic heterocycles. The first-order valence-electron chi connectivity index (χ1n) is 6.07. The van der Waals surface area contributed by atoms with Crippen LogP contribution in [-0.2, 0) is 19.1 Å². The maximum absolute atomic E-state index is 11.6. The lowest BCUT2D eigenvalue weighted by atomic mass is 10.2. The molecule has 0 bridgehead atoms. The fourth-order valence-electron chi connectivity index (χ4n) is 1.88. The summed E-state index contributed by atoms with van der Waals surface area (Å²) >= 11 is 0. The largest absolute Gasteiger partial charge is 0.394 e. The van der Waals surface area contributed by atoms with Crippen LogP contribution < -0.4 is 5.32 Å². The van der Waals surface area contributed by atoms with Gasteiger partial charge in [-0.2, -0.15) is 0 Å². The van der Waals surface area contributed by atoms with Gasteiger partial charge in [0.1, 0.15) is 6.23 Å². The van der Waals surface area contributed by atoms with Crippen LogP contribution in [-0.4, -0.2) is 62.0 Å². The van der Waals surface area contributed by atoms with Gasteiger partial charge in [-0.05, 0) is 12.8 Å². The Kier molecular flexibility index (Phi) is 6.48. The van der Waals surface area contributed by atoms with Crippen LogP contribution in [0.4, 0.5) is 0 Å². The summed E-state index contributed by atoms with van der Waals surface area (Å²) in [5, 5.41) is 11.5. The molecule has 0 aromatic rings. The molecule has 19 heavy (non-hydrogen) atoms.